The third-order valence-corrected chi connectivity index (χ3v) is 8.01. The first-order chi connectivity index (χ1) is 24.5. The maximum Gasteiger partial charge on any atom is 0.325 e. The van der Waals surface area contributed by atoms with Gasteiger partial charge in [-0.2, -0.15) is 0 Å². The van der Waals surface area contributed by atoms with Gasteiger partial charge in [-0.1, -0.05) is 116 Å². The van der Waals surface area contributed by atoms with Crippen molar-refractivity contribution in [1.29, 1.82) is 0 Å². The molecule has 1 atom stereocenters. The predicted molar refractivity (Wildman–Crippen MR) is 190 cm³/mol. The minimum absolute atomic E-state index is 0.000974. The lowest BCUT2D eigenvalue weighted by atomic mass is 10.0. The minimum atomic E-state index is -1.25. The molecule has 0 aliphatic rings. The Kier molecular flexibility index (Phi) is 11.0. The fraction of sp³-hybridized carbons (Fsp3) is 0.167. The first-order valence-electron chi connectivity index (χ1n) is 16.5. The van der Waals surface area contributed by atoms with Gasteiger partial charge in [0, 0.05) is 5.56 Å². The minimum Gasteiger partial charge on any atom is -0.485 e. The van der Waals surface area contributed by atoms with Crippen molar-refractivity contribution in [2.75, 3.05) is 0 Å². The maximum absolute atomic E-state index is 13.9. The molecule has 6 aromatic rings. The van der Waals surface area contributed by atoms with Crippen LogP contribution in [0.25, 0.3) is 22.3 Å². The normalized spacial score (nSPS) is 11.5. The zero-order valence-corrected chi connectivity index (χ0v) is 27.6. The Bertz CT molecular complexity index is 2110. The molecule has 0 aliphatic heterocycles. The van der Waals surface area contributed by atoms with Crippen LogP contribution in [0.4, 0.5) is 0 Å². The van der Waals surface area contributed by atoms with Gasteiger partial charge >= 0.3 is 11.9 Å². The summed E-state index contributed by atoms with van der Waals surface area (Å²) in [6.07, 6.45) is 0.678. The molecule has 0 saturated carbocycles. The first kappa shape index (κ1) is 33.7. The topological polar surface area (TPSA) is 101 Å². The van der Waals surface area contributed by atoms with Crippen molar-refractivity contribution >= 4 is 22.9 Å². The standard InChI is InChI=1S/C42H36O8/c1-2-14-34(41(44)48-28-31-19-10-5-11-20-31)42(45)50-40-38(43)33-21-12-13-22-35(33)49-39(40)32-23-24-36(46-26-29-15-6-3-7-16-29)37(25-32)47-27-30-17-8-4-9-18-30/h3-13,15-25,34H,2,14,26-28H2,1H3. The van der Waals surface area contributed by atoms with Crippen LogP contribution in [-0.4, -0.2) is 11.9 Å². The summed E-state index contributed by atoms with van der Waals surface area (Å²) in [4.78, 5) is 40.8. The zero-order chi connectivity index (χ0) is 34.7. The van der Waals surface area contributed by atoms with E-state index in [4.69, 9.17) is 23.4 Å². The number of esters is 2. The van der Waals surface area contributed by atoms with E-state index in [-0.39, 0.29) is 36.5 Å². The van der Waals surface area contributed by atoms with Gasteiger partial charge in [-0.15, -0.1) is 0 Å². The molecule has 8 nitrogen and oxygen atoms in total. The van der Waals surface area contributed by atoms with Crippen molar-refractivity contribution in [3.63, 3.8) is 0 Å². The van der Waals surface area contributed by atoms with Crippen molar-refractivity contribution < 1.29 is 33.0 Å². The van der Waals surface area contributed by atoms with E-state index in [2.05, 4.69) is 0 Å². The first-order valence-corrected chi connectivity index (χ1v) is 16.5. The Morgan fingerprint density at radius 1 is 0.640 bits per heavy atom. The largest absolute Gasteiger partial charge is 0.485 e. The summed E-state index contributed by atoms with van der Waals surface area (Å²) in [6, 6.07) is 40.4. The summed E-state index contributed by atoms with van der Waals surface area (Å²) in [5.74, 6) is -2.35. The highest BCUT2D eigenvalue weighted by molar-refractivity contribution is 5.96. The van der Waals surface area contributed by atoms with Crippen LogP contribution in [0, 0.1) is 5.92 Å². The van der Waals surface area contributed by atoms with E-state index in [1.807, 2.05) is 97.9 Å². The third kappa shape index (κ3) is 8.28. The molecule has 0 spiro atoms. The van der Waals surface area contributed by atoms with Crippen molar-refractivity contribution in [3.05, 3.63) is 160 Å². The monoisotopic (exact) mass is 668 g/mol. The number of benzene rings is 5. The van der Waals surface area contributed by atoms with Gasteiger partial charge in [0.1, 0.15) is 25.4 Å². The number of carbonyl (C=O) groups is 2. The molecule has 1 heterocycles. The summed E-state index contributed by atoms with van der Waals surface area (Å²) >= 11 is 0. The van der Waals surface area contributed by atoms with Crippen molar-refractivity contribution in [2.24, 2.45) is 5.92 Å². The Morgan fingerprint density at radius 3 is 1.82 bits per heavy atom. The van der Waals surface area contributed by atoms with Crippen molar-refractivity contribution in [1.82, 2.24) is 0 Å². The Labute approximate surface area is 289 Å². The second kappa shape index (κ2) is 16.3. The van der Waals surface area contributed by atoms with E-state index in [1.54, 1.807) is 42.5 Å². The molecular formula is C42H36O8. The molecule has 0 bridgehead atoms. The molecule has 0 amide bonds. The fourth-order valence-corrected chi connectivity index (χ4v) is 5.38. The second-order valence-corrected chi connectivity index (χ2v) is 11.7. The SMILES string of the molecule is CCCC(C(=O)OCc1ccccc1)C(=O)Oc1c(-c2ccc(OCc3ccccc3)c(OCc3ccccc3)c2)oc2ccccc2c1=O. The molecule has 0 N–H and O–H groups in total. The molecule has 5 aromatic carbocycles. The van der Waals surface area contributed by atoms with Gasteiger partial charge < -0.3 is 23.4 Å². The number of para-hydroxylation sites is 1. The van der Waals surface area contributed by atoms with Crippen LogP contribution in [0.3, 0.4) is 0 Å². The lowest BCUT2D eigenvalue weighted by Crippen LogP contribution is -2.31. The van der Waals surface area contributed by atoms with Crippen molar-refractivity contribution in [2.45, 2.75) is 39.6 Å². The Morgan fingerprint density at radius 2 is 1.20 bits per heavy atom. The van der Waals surface area contributed by atoms with Gasteiger partial charge in [-0.25, -0.2) is 0 Å². The van der Waals surface area contributed by atoms with Crippen LogP contribution in [0.2, 0.25) is 0 Å². The average Bonchev–Trinajstić information content (AvgIpc) is 3.16. The summed E-state index contributed by atoms with van der Waals surface area (Å²) in [5.41, 5.74) is 2.85. The number of fused-ring (bicyclic) bond motifs is 1. The van der Waals surface area contributed by atoms with Crippen molar-refractivity contribution in [3.8, 4) is 28.6 Å². The van der Waals surface area contributed by atoms with E-state index in [1.165, 1.54) is 0 Å². The lowest BCUT2D eigenvalue weighted by molar-refractivity contribution is -0.158. The quantitative estimate of drug-likeness (QED) is 0.0840. The second-order valence-electron chi connectivity index (χ2n) is 11.7. The van der Waals surface area contributed by atoms with E-state index >= 15 is 0 Å². The van der Waals surface area contributed by atoms with Crippen LogP contribution < -0.4 is 19.6 Å². The summed E-state index contributed by atoms with van der Waals surface area (Å²) in [6.45, 7) is 2.40. The third-order valence-electron chi connectivity index (χ3n) is 8.01. The van der Waals surface area contributed by atoms with E-state index in [9.17, 15) is 14.4 Å². The lowest BCUT2D eigenvalue weighted by Gasteiger charge is -2.17. The molecule has 50 heavy (non-hydrogen) atoms. The molecule has 1 unspecified atom stereocenters. The molecule has 1 aromatic heterocycles. The van der Waals surface area contributed by atoms with E-state index in [0.717, 1.165) is 16.7 Å². The molecule has 0 fully saturated rings. The van der Waals surface area contributed by atoms with Crippen LogP contribution >= 0.6 is 0 Å². The molecule has 8 heteroatoms. The molecule has 0 saturated heterocycles. The van der Waals surface area contributed by atoms with Gasteiger partial charge in [0.25, 0.3) is 0 Å². The number of hydrogen-bond donors (Lipinski definition) is 0. The maximum atomic E-state index is 13.9. The summed E-state index contributed by atoms with van der Waals surface area (Å²) in [7, 11) is 0. The number of carbonyl (C=O) groups excluding carboxylic acids is 2. The summed E-state index contributed by atoms with van der Waals surface area (Å²) in [5, 5.41) is 0.223. The van der Waals surface area contributed by atoms with Gasteiger partial charge in [0.05, 0.1) is 5.39 Å². The predicted octanol–water partition coefficient (Wildman–Crippen LogP) is 8.68. The van der Waals surface area contributed by atoms with Crippen LogP contribution in [0.15, 0.2) is 143 Å². The van der Waals surface area contributed by atoms with Crippen LogP contribution in [0.1, 0.15) is 36.5 Å². The van der Waals surface area contributed by atoms with Gasteiger partial charge in [-0.3, -0.25) is 14.4 Å². The highest BCUT2D eigenvalue weighted by Gasteiger charge is 2.32. The molecule has 0 aliphatic carbocycles. The van der Waals surface area contributed by atoms with Gasteiger partial charge in [-0.05, 0) is 53.4 Å². The summed E-state index contributed by atoms with van der Waals surface area (Å²) < 4.78 is 30.0. The smallest absolute Gasteiger partial charge is 0.325 e. The Balaban J connectivity index is 1.35. The Hall–Kier alpha value is -6.15. The van der Waals surface area contributed by atoms with E-state index < -0.39 is 23.3 Å². The average molecular weight is 669 g/mol. The van der Waals surface area contributed by atoms with Crippen LogP contribution in [-0.2, 0) is 34.1 Å². The highest BCUT2D eigenvalue weighted by Crippen LogP contribution is 2.38. The van der Waals surface area contributed by atoms with Crippen LogP contribution in [0.5, 0.6) is 17.2 Å². The fourth-order valence-electron chi connectivity index (χ4n) is 5.38. The molecule has 252 valence electrons. The number of hydrogen-bond acceptors (Lipinski definition) is 8. The van der Waals surface area contributed by atoms with Gasteiger partial charge in [0.2, 0.25) is 11.2 Å². The number of rotatable bonds is 14. The number of ether oxygens (including phenoxy) is 4. The molecular weight excluding hydrogens is 632 g/mol. The van der Waals surface area contributed by atoms with E-state index in [0.29, 0.717) is 35.7 Å². The molecule has 6 rings (SSSR count). The van der Waals surface area contributed by atoms with Gasteiger partial charge in [0.15, 0.2) is 23.2 Å². The zero-order valence-electron chi connectivity index (χ0n) is 27.6. The molecule has 0 radical (unpaired) electrons. The highest BCUT2D eigenvalue weighted by atomic mass is 16.6.